The van der Waals surface area contributed by atoms with Crippen LogP contribution in [0.1, 0.15) is 5.69 Å². The van der Waals surface area contributed by atoms with Crippen LogP contribution in [0, 0.1) is 0 Å². The minimum Gasteiger partial charge on any atom is -0.356 e. The molecular weight excluding hydrogens is 307 g/mol. The smallest absolute Gasteiger partial charge is 0.356 e. The maximum atomic E-state index is 13.4. The average molecular weight is 313 g/mol. The molecular formula is C12H6F7NO. The maximum absolute atomic E-state index is 13.4. The van der Waals surface area contributed by atoms with Gasteiger partial charge in [-0.05, 0) is 0 Å². The van der Waals surface area contributed by atoms with Crippen LogP contribution in [0.25, 0.3) is 11.3 Å². The zero-order valence-corrected chi connectivity index (χ0v) is 9.97. The second-order valence-electron chi connectivity index (χ2n) is 4.09. The van der Waals surface area contributed by atoms with Gasteiger partial charge >= 0.3 is 18.0 Å². The molecule has 0 atom stereocenters. The highest BCUT2D eigenvalue weighted by Crippen LogP contribution is 2.51. The molecule has 0 aliphatic carbocycles. The summed E-state index contributed by atoms with van der Waals surface area (Å²) in [6.45, 7) is 0. The molecule has 0 bridgehead atoms. The zero-order chi connectivity index (χ0) is 15.9. The molecule has 0 aliphatic rings. The number of rotatable bonds is 3. The normalized spacial score (nSPS) is 13.5. The second kappa shape index (κ2) is 4.74. The minimum absolute atomic E-state index is 0.211. The zero-order valence-electron chi connectivity index (χ0n) is 9.97. The van der Waals surface area contributed by atoms with Gasteiger partial charge in [-0.3, -0.25) is 0 Å². The second-order valence-corrected chi connectivity index (χ2v) is 4.09. The predicted octanol–water partition coefficient (Wildman–Crippen LogP) is 4.63. The van der Waals surface area contributed by atoms with E-state index in [2.05, 4.69) is 9.68 Å². The summed E-state index contributed by atoms with van der Waals surface area (Å²) in [4.78, 5) is 0. The van der Waals surface area contributed by atoms with Gasteiger partial charge in [0.25, 0.3) is 0 Å². The fraction of sp³-hybridized carbons (Fsp3) is 0.250. The molecule has 0 unspecified atom stereocenters. The topological polar surface area (TPSA) is 26.0 Å². The third-order valence-corrected chi connectivity index (χ3v) is 2.64. The Balaban J connectivity index is 2.41. The van der Waals surface area contributed by atoms with Crippen LogP contribution in [0.5, 0.6) is 0 Å². The van der Waals surface area contributed by atoms with E-state index >= 15 is 0 Å². The molecule has 114 valence electrons. The van der Waals surface area contributed by atoms with Crippen molar-refractivity contribution in [2.75, 3.05) is 0 Å². The summed E-state index contributed by atoms with van der Waals surface area (Å²) < 4.78 is 93.0. The van der Waals surface area contributed by atoms with Crippen molar-refractivity contribution in [2.45, 2.75) is 18.0 Å². The Morgan fingerprint density at radius 3 is 1.95 bits per heavy atom. The van der Waals surface area contributed by atoms with Crippen molar-refractivity contribution < 1.29 is 35.3 Å². The molecule has 2 rings (SSSR count). The summed E-state index contributed by atoms with van der Waals surface area (Å²) in [6, 6.07) is 7.73. The van der Waals surface area contributed by atoms with Gasteiger partial charge in [-0.25, -0.2) is 0 Å². The number of halogens is 7. The summed E-state index contributed by atoms with van der Waals surface area (Å²) in [5.74, 6) is -12.1. The number of nitrogens with zero attached hydrogens (tertiary/aromatic N) is 1. The summed E-state index contributed by atoms with van der Waals surface area (Å²) in [6.07, 6.45) is -6.41. The number of hydrogen-bond donors (Lipinski definition) is 0. The Morgan fingerprint density at radius 2 is 1.43 bits per heavy atom. The first-order valence-electron chi connectivity index (χ1n) is 5.42. The minimum atomic E-state index is -6.41. The van der Waals surface area contributed by atoms with Gasteiger partial charge in [-0.15, -0.1) is 0 Å². The van der Waals surface area contributed by atoms with Crippen LogP contribution in [-0.2, 0) is 5.92 Å². The van der Waals surface area contributed by atoms with E-state index < -0.39 is 23.7 Å². The van der Waals surface area contributed by atoms with Crippen molar-refractivity contribution in [3.05, 3.63) is 42.1 Å². The first kappa shape index (κ1) is 15.3. The Morgan fingerprint density at radius 1 is 0.857 bits per heavy atom. The van der Waals surface area contributed by atoms with Crippen LogP contribution in [0.3, 0.4) is 0 Å². The van der Waals surface area contributed by atoms with E-state index in [1.165, 1.54) is 24.3 Å². The van der Waals surface area contributed by atoms with Crippen LogP contribution in [0.2, 0.25) is 0 Å². The van der Waals surface area contributed by atoms with Gasteiger partial charge in [0.2, 0.25) is 0 Å². The molecule has 9 heteroatoms. The third kappa shape index (κ3) is 2.47. The highest BCUT2D eigenvalue weighted by atomic mass is 19.4. The van der Waals surface area contributed by atoms with Crippen LogP contribution >= 0.6 is 0 Å². The molecule has 0 amide bonds. The lowest BCUT2D eigenvalue weighted by atomic mass is 10.1. The average Bonchev–Trinajstić information content (AvgIpc) is 2.88. The van der Waals surface area contributed by atoms with Crippen molar-refractivity contribution in [3.8, 4) is 11.3 Å². The van der Waals surface area contributed by atoms with Crippen molar-refractivity contribution >= 4 is 0 Å². The van der Waals surface area contributed by atoms with Gasteiger partial charge in [0.05, 0.1) is 0 Å². The first-order valence-corrected chi connectivity index (χ1v) is 5.42. The summed E-state index contributed by atoms with van der Waals surface area (Å²) in [5.41, 5.74) is -1.58. The third-order valence-electron chi connectivity index (χ3n) is 2.64. The van der Waals surface area contributed by atoms with Gasteiger partial charge in [0.1, 0.15) is 0 Å². The molecule has 0 saturated carbocycles. The molecule has 2 nitrogen and oxygen atoms in total. The van der Waals surface area contributed by atoms with Gasteiger partial charge in [-0.2, -0.15) is 30.7 Å². The molecule has 0 spiro atoms. The fourth-order valence-electron chi connectivity index (χ4n) is 1.50. The van der Waals surface area contributed by atoms with Crippen LogP contribution in [0.4, 0.5) is 30.7 Å². The Bertz CT molecular complexity index is 618. The molecule has 1 aromatic heterocycles. The summed E-state index contributed by atoms with van der Waals surface area (Å²) in [7, 11) is 0. The lowest BCUT2D eigenvalue weighted by Gasteiger charge is -2.26. The van der Waals surface area contributed by atoms with Gasteiger partial charge in [0, 0.05) is 11.6 Å². The van der Waals surface area contributed by atoms with Crippen molar-refractivity contribution in [3.63, 3.8) is 0 Å². The Labute approximate surface area is 113 Å². The predicted molar refractivity (Wildman–Crippen MR) is 56.8 cm³/mol. The van der Waals surface area contributed by atoms with Gasteiger partial charge in [-0.1, -0.05) is 35.5 Å². The lowest BCUT2D eigenvalue weighted by Crippen LogP contribution is -2.50. The molecule has 0 fully saturated rings. The van der Waals surface area contributed by atoms with Crippen molar-refractivity contribution in [2.24, 2.45) is 0 Å². The molecule has 21 heavy (non-hydrogen) atoms. The molecule has 1 aromatic carbocycles. The number of alkyl halides is 7. The largest absolute Gasteiger partial charge is 0.460 e. The summed E-state index contributed by atoms with van der Waals surface area (Å²) in [5, 5.41) is 2.64. The van der Waals surface area contributed by atoms with E-state index in [0.29, 0.717) is 6.07 Å². The molecule has 2 aromatic rings. The van der Waals surface area contributed by atoms with E-state index in [0.717, 1.165) is 0 Å². The standard InChI is InChI=1S/C12H6F7NO/c13-10(14,11(15,16)12(17,18)19)9-6-8(21-20-9)7-4-2-1-3-5-7/h1-6H. The first-order chi connectivity index (χ1) is 9.57. The van der Waals surface area contributed by atoms with Crippen LogP contribution < -0.4 is 0 Å². The highest BCUT2D eigenvalue weighted by Gasteiger charge is 2.74. The van der Waals surface area contributed by atoms with E-state index in [9.17, 15) is 30.7 Å². The Hall–Kier alpha value is -2.06. The fourth-order valence-corrected chi connectivity index (χ4v) is 1.50. The van der Waals surface area contributed by atoms with Gasteiger partial charge < -0.3 is 4.52 Å². The van der Waals surface area contributed by atoms with Crippen molar-refractivity contribution in [1.82, 2.24) is 5.16 Å². The van der Waals surface area contributed by atoms with E-state index in [1.54, 1.807) is 6.07 Å². The molecule has 1 heterocycles. The number of benzene rings is 1. The van der Waals surface area contributed by atoms with E-state index in [4.69, 9.17) is 0 Å². The van der Waals surface area contributed by atoms with Crippen LogP contribution in [-0.4, -0.2) is 17.3 Å². The van der Waals surface area contributed by atoms with E-state index in [1.807, 2.05) is 0 Å². The quantitative estimate of drug-likeness (QED) is 0.772. The lowest BCUT2D eigenvalue weighted by molar-refractivity contribution is -0.360. The number of aromatic nitrogens is 1. The molecule has 0 saturated heterocycles. The SMILES string of the molecule is FC(F)(F)C(F)(F)C(F)(F)c1cc(-c2ccccc2)on1. The number of hydrogen-bond acceptors (Lipinski definition) is 2. The molecule has 0 aliphatic heterocycles. The van der Waals surface area contributed by atoms with Crippen LogP contribution in [0.15, 0.2) is 40.9 Å². The Kier molecular flexibility index (Phi) is 3.46. The maximum Gasteiger partial charge on any atom is 0.460 e. The van der Waals surface area contributed by atoms with Crippen molar-refractivity contribution in [1.29, 1.82) is 0 Å². The van der Waals surface area contributed by atoms with Gasteiger partial charge in [0.15, 0.2) is 11.5 Å². The molecule has 0 radical (unpaired) electrons. The molecule has 0 N–H and O–H groups in total. The highest BCUT2D eigenvalue weighted by molar-refractivity contribution is 5.57. The monoisotopic (exact) mass is 313 g/mol. The summed E-state index contributed by atoms with van der Waals surface area (Å²) >= 11 is 0. The van der Waals surface area contributed by atoms with E-state index in [-0.39, 0.29) is 11.3 Å².